The molecule has 8 heteroatoms. The maximum atomic E-state index is 10.2. The van der Waals surface area contributed by atoms with Crippen molar-refractivity contribution in [2.24, 2.45) is 4.99 Å². The van der Waals surface area contributed by atoms with Crippen LogP contribution in [0.2, 0.25) is 0 Å². The third-order valence-corrected chi connectivity index (χ3v) is 5.16. The van der Waals surface area contributed by atoms with Crippen LogP contribution in [0.15, 0.2) is 11.3 Å². The Kier molecular flexibility index (Phi) is 4.21. The summed E-state index contributed by atoms with van der Waals surface area (Å²) < 4.78 is 5.63. The van der Waals surface area contributed by atoms with Gasteiger partial charge in [-0.2, -0.15) is 0 Å². The Morgan fingerprint density at radius 3 is 2.67 bits per heavy atom. The Hall–Kier alpha value is -1.61. The van der Waals surface area contributed by atoms with Crippen molar-refractivity contribution in [1.29, 1.82) is 0 Å². The van der Waals surface area contributed by atoms with Crippen LogP contribution in [0.25, 0.3) is 0 Å². The van der Waals surface area contributed by atoms with Gasteiger partial charge in [0.2, 0.25) is 0 Å². The first-order chi connectivity index (χ1) is 11.7. The number of aliphatic hydroxyl groups is 3. The summed E-state index contributed by atoms with van der Waals surface area (Å²) in [6.07, 6.45) is 4.18. The molecule has 3 aliphatic rings. The first-order valence-electron chi connectivity index (χ1n) is 8.47. The van der Waals surface area contributed by atoms with Crippen LogP contribution >= 0.6 is 0 Å². The Bertz CT molecular complexity index is 635. The zero-order chi connectivity index (χ0) is 16.7. The van der Waals surface area contributed by atoms with Crippen molar-refractivity contribution < 1.29 is 20.1 Å². The first-order valence-corrected chi connectivity index (χ1v) is 8.47. The van der Waals surface area contributed by atoms with Gasteiger partial charge in [0.15, 0.2) is 5.82 Å². The fourth-order valence-corrected chi connectivity index (χ4v) is 3.82. The van der Waals surface area contributed by atoms with Crippen LogP contribution in [-0.2, 0) is 4.74 Å². The molecular formula is C16H22N4O4. The van der Waals surface area contributed by atoms with E-state index in [2.05, 4.69) is 20.3 Å². The normalized spacial score (nSPS) is 35.5. The molecule has 1 saturated carbocycles. The molecular weight excluding hydrogens is 312 g/mol. The molecule has 4 rings (SSSR count). The monoisotopic (exact) mass is 334 g/mol. The molecule has 4 N–H and O–H groups in total. The number of fused-ring (bicyclic) bond motifs is 1. The third kappa shape index (κ3) is 2.59. The Balaban J connectivity index is 1.57. The number of hydrogen-bond acceptors (Lipinski definition) is 8. The quantitative estimate of drug-likeness (QED) is 0.617. The molecule has 3 heterocycles. The highest BCUT2D eigenvalue weighted by Gasteiger charge is 2.48. The molecule has 0 radical (unpaired) electrons. The molecule has 0 spiro atoms. The number of nitrogens with zero attached hydrogens (tertiary/aromatic N) is 3. The van der Waals surface area contributed by atoms with Crippen LogP contribution in [0.4, 0.5) is 11.5 Å². The molecule has 1 aromatic heterocycles. The van der Waals surface area contributed by atoms with E-state index < -0.39 is 24.4 Å². The highest BCUT2D eigenvalue weighted by molar-refractivity contribution is 5.84. The van der Waals surface area contributed by atoms with Gasteiger partial charge in [-0.25, -0.2) is 9.97 Å². The molecule has 1 unspecified atom stereocenters. The molecule has 0 amide bonds. The molecule has 0 aromatic carbocycles. The molecule has 2 fully saturated rings. The highest BCUT2D eigenvalue weighted by Crippen LogP contribution is 2.41. The number of ether oxygens (including phenoxy) is 1. The van der Waals surface area contributed by atoms with E-state index in [1.54, 1.807) is 6.21 Å². The van der Waals surface area contributed by atoms with Crippen molar-refractivity contribution in [3.63, 3.8) is 0 Å². The molecule has 1 aromatic rings. The fourth-order valence-electron chi connectivity index (χ4n) is 3.82. The molecule has 1 aliphatic carbocycles. The van der Waals surface area contributed by atoms with Crippen molar-refractivity contribution in [3.8, 4) is 0 Å². The predicted molar refractivity (Wildman–Crippen MR) is 86.6 cm³/mol. The third-order valence-electron chi connectivity index (χ3n) is 5.16. The molecule has 8 nitrogen and oxygen atoms in total. The summed E-state index contributed by atoms with van der Waals surface area (Å²) in [7, 11) is 0. The minimum absolute atomic E-state index is 0.344. The Morgan fingerprint density at radius 1 is 1.17 bits per heavy atom. The molecule has 0 bridgehead atoms. The van der Waals surface area contributed by atoms with E-state index in [-0.39, 0.29) is 12.5 Å². The number of nitrogens with one attached hydrogen (secondary N) is 1. The first kappa shape index (κ1) is 15.9. The van der Waals surface area contributed by atoms with E-state index in [0.29, 0.717) is 23.2 Å². The van der Waals surface area contributed by atoms with Crippen molar-refractivity contribution in [2.75, 3.05) is 11.9 Å². The van der Waals surface area contributed by atoms with E-state index in [0.717, 1.165) is 12.8 Å². The van der Waals surface area contributed by atoms with Crippen molar-refractivity contribution in [2.45, 2.75) is 62.1 Å². The summed E-state index contributed by atoms with van der Waals surface area (Å²) >= 11 is 0. The lowest BCUT2D eigenvalue weighted by atomic mass is 9.94. The average Bonchev–Trinajstić information content (AvgIpc) is 3.30. The fraction of sp³-hybridized carbons (Fsp3) is 0.688. The lowest BCUT2D eigenvalue weighted by Gasteiger charge is -2.20. The smallest absolute Gasteiger partial charge is 0.155 e. The van der Waals surface area contributed by atoms with E-state index in [1.807, 2.05) is 0 Å². The second-order valence-electron chi connectivity index (χ2n) is 6.69. The predicted octanol–water partition coefficient (Wildman–Crippen LogP) is 0.112. The summed E-state index contributed by atoms with van der Waals surface area (Å²) in [5.41, 5.74) is 1.35. The number of aliphatic hydroxyl groups excluding tert-OH is 3. The van der Waals surface area contributed by atoms with Gasteiger partial charge in [-0.15, -0.1) is 0 Å². The summed E-state index contributed by atoms with van der Waals surface area (Å²) in [5, 5.41) is 32.9. The minimum atomic E-state index is -1.12. The largest absolute Gasteiger partial charge is 0.394 e. The van der Waals surface area contributed by atoms with Gasteiger partial charge in [0, 0.05) is 12.3 Å². The number of aliphatic imine (C=N–C) groups is 1. The van der Waals surface area contributed by atoms with Crippen LogP contribution < -0.4 is 5.32 Å². The molecule has 2 aliphatic heterocycles. The number of aromatic nitrogens is 2. The van der Waals surface area contributed by atoms with Crippen molar-refractivity contribution in [1.82, 2.24) is 9.97 Å². The zero-order valence-corrected chi connectivity index (χ0v) is 13.2. The lowest BCUT2D eigenvalue weighted by Crippen LogP contribution is -2.36. The lowest BCUT2D eigenvalue weighted by molar-refractivity contribution is -0.0237. The van der Waals surface area contributed by atoms with Gasteiger partial charge in [-0.3, -0.25) is 4.99 Å². The van der Waals surface area contributed by atoms with Crippen LogP contribution in [0.5, 0.6) is 0 Å². The standard InChI is InChI=1S/C16H22N4O4/c21-6-10-13(22)14(23)15(24-10)9-5-17-12-11(9)18-7-19-16(12)20-8-3-1-2-4-8/h5,7-10,13-15,21-23H,1-4,6H2,(H,18,19,20)/t9?,10-,13+,14+,15+/m1/s1. The minimum Gasteiger partial charge on any atom is -0.394 e. The summed E-state index contributed by atoms with van der Waals surface area (Å²) in [4.78, 5) is 13.1. The van der Waals surface area contributed by atoms with Gasteiger partial charge in [-0.1, -0.05) is 12.8 Å². The number of rotatable bonds is 4. The topological polar surface area (TPSA) is 120 Å². The molecule has 24 heavy (non-hydrogen) atoms. The summed E-state index contributed by atoms with van der Waals surface area (Å²) in [6.45, 7) is -0.344. The van der Waals surface area contributed by atoms with Crippen LogP contribution in [0, 0.1) is 0 Å². The Morgan fingerprint density at radius 2 is 1.96 bits per heavy atom. The van der Waals surface area contributed by atoms with E-state index in [4.69, 9.17) is 4.74 Å². The maximum Gasteiger partial charge on any atom is 0.155 e. The SMILES string of the molecule is OC[C@H]1O[C@@H](C2C=Nc3c(NC4CCCC4)ncnc32)[C@@H](O)[C@H]1O. The average molecular weight is 334 g/mol. The second kappa shape index (κ2) is 6.36. The summed E-state index contributed by atoms with van der Waals surface area (Å²) in [5.74, 6) is 0.339. The van der Waals surface area contributed by atoms with E-state index in [1.165, 1.54) is 19.2 Å². The van der Waals surface area contributed by atoms with E-state index in [9.17, 15) is 15.3 Å². The number of hydrogen-bond donors (Lipinski definition) is 4. The zero-order valence-electron chi connectivity index (χ0n) is 13.2. The van der Waals surface area contributed by atoms with Gasteiger partial charge in [0.05, 0.1) is 18.2 Å². The summed E-state index contributed by atoms with van der Waals surface area (Å²) in [6, 6.07) is 0.409. The van der Waals surface area contributed by atoms with Gasteiger partial charge >= 0.3 is 0 Å². The highest BCUT2D eigenvalue weighted by atomic mass is 16.6. The molecule has 5 atom stereocenters. The second-order valence-corrected chi connectivity index (χ2v) is 6.69. The Labute approximate surface area is 139 Å². The van der Waals surface area contributed by atoms with Gasteiger partial charge < -0.3 is 25.4 Å². The van der Waals surface area contributed by atoms with Crippen LogP contribution in [0.1, 0.15) is 37.3 Å². The van der Waals surface area contributed by atoms with Gasteiger partial charge in [0.25, 0.3) is 0 Å². The van der Waals surface area contributed by atoms with Crippen molar-refractivity contribution in [3.05, 3.63) is 12.0 Å². The van der Waals surface area contributed by atoms with Crippen LogP contribution in [0.3, 0.4) is 0 Å². The molecule has 130 valence electrons. The maximum absolute atomic E-state index is 10.2. The molecule has 1 saturated heterocycles. The van der Waals surface area contributed by atoms with Gasteiger partial charge in [-0.05, 0) is 12.8 Å². The van der Waals surface area contributed by atoms with E-state index >= 15 is 0 Å². The number of anilines is 1. The van der Waals surface area contributed by atoms with Crippen LogP contribution in [-0.4, -0.2) is 68.6 Å². The van der Waals surface area contributed by atoms with Crippen molar-refractivity contribution >= 4 is 17.7 Å². The van der Waals surface area contributed by atoms with Gasteiger partial charge in [0.1, 0.15) is 36.4 Å².